The van der Waals surface area contributed by atoms with E-state index in [-0.39, 0.29) is 94.6 Å². The number of aromatic carboxylic acids is 2. The quantitative estimate of drug-likeness (QED) is 0.0576. The Morgan fingerprint density at radius 1 is 0.435 bits per heavy atom. The predicted molar refractivity (Wildman–Crippen MR) is 368 cm³/mol. The molecule has 0 spiro atoms. The number of carboxylic acid groups (broad SMARTS) is 2. The van der Waals surface area contributed by atoms with Crippen LogP contribution < -0.4 is 0 Å². The van der Waals surface area contributed by atoms with Crippen molar-refractivity contribution in [1.82, 2.24) is 74.5 Å². The fourth-order valence-electron chi connectivity index (χ4n) is 8.38. The number of H-pyrrole nitrogens is 4. The number of hydrogen-bond acceptors (Lipinski definition) is 14. The second-order valence-electron chi connectivity index (χ2n) is 18.3. The van der Waals surface area contributed by atoms with Crippen molar-refractivity contribution in [3.63, 3.8) is 0 Å². The zero-order valence-electron chi connectivity index (χ0n) is 47.1. The van der Waals surface area contributed by atoms with Crippen molar-refractivity contribution in [2.24, 2.45) is 0 Å². The number of nitrogens with zero attached hydrogens (tertiary/aromatic N) is 12. The number of nitriles is 1. The molecule has 9 N–H and O–H groups in total. The number of carbonyl (C=O) groups is 2. The van der Waals surface area contributed by atoms with Crippen LogP contribution in [0.1, 0.15) is 34.1 Å². The Bertz CT molecular complexity index is 4650. The van der Waals surface area contributed by atoms with Crippen molar-refractivity contribution in [1.29, 1.82) is 5.26 Å². The Labute approximate surface area is 613 Å². The molecule has 13 aromatic rings. The van der Waals surface area contributed by atoms with E-state index in [9.17, 15) is 14.8 Å². The average molecular weight is 1750 g/mol. The van der Waals surface area contributed by atoms with Gasteiger partial charge in [0.1, 0.15) is 40.8 Å². The topological polar surface area (TPSA) is 347 Å². The van der Waals surface area contributed by atoms with E-state index in [4.69, 9.17) is 15.5 Å². The Balaban J connectivity index is 0.000000178. The summed E-state index contributed by atoms with van der Waals surface area (Å²) in [7, 11) is 0. The van der Waals surface area contributed by atoms with Crippen LogP contribution in [0.2, 0.25) is 0 Å². The number of aromatic nitrogens is 15. The van der Waals surface area contributed by atoms with E-state index in [0.29, 0.717) is 51.6 Å². The molecule has 2 aliphatic heterocycles. The minimum atomic E-state index is -1.05. The molecule has 454 valence electrons. The monoisotopic (exact) mass is 1750 g/mol. The number of benzene rings is 5. The molecule has 0 bridgehead atoms. The molecular formula is C64H50I3N16O6VY2. The summed E-state index contributed by atoms with van der Waals surface area (Å²) in [5, 5.41) is 36.1. The Kier molecular flexibility index (Phi) is 28.7. The van der Waals surface area contributed by atoms with Crippen molar-refractivity contribution in [2.45, 2.75) is 7.43 Å². The standard InChI is InChI=1S/C13H8N4.2C13H9N3O2.C12H9N3O.C12H9N3.CH4.3HI.H2O.V.2Y/c14-8-10-6-7-11-13(15-10)17-12(16-11)9-4-2-1-3-5-9;2*17-13(18)10-7-6-9-12(15-10)16-11(14-9)8-4-2-1-3-5-8;16-15-8-4-7-10-12(15)14-11(13-10)9-5-2-1-3-6-9;1-2-5-9(6-3-1)11-14-10-7-4-8-13-12(10)15-11;;;;;;;;/h1-7H,(H,15,16,17);2*1-7H,(H,17,18)(H,14,15,16);1-8,16H;1-8H,(H,13,14,15);1H4;3*1H;1H2;;;/q;;;;;;;;;;+3;;/p-3. The molecule has 0 aliphatic carbocycles. The number of rotatable bonds is 7. The van der Waals surface area contributed by atoms with Crippen LogP contribution >= 0.6 is 59.9 Å². The summed E-state index contributed by atoms with van der Waals surface area (Å²) >= 11 is 7.39. The summed E-state index contributed by atoms with van der Waals surface area (Å²) in [6.07, 6.45) is 3.28. The summed E-state index contributed by atoms with van der Waals surface area (Å²) in [4.78, 5) is 76.3. The smallest absolute Gasteiger partial charge is 0.178 e. The number of imidazole rings is 5. The van der Waals surface area contributed by atoms with Gasteiger partial charge >= 0.3 is 76.8 Å². The van der Waals surface area contributed by atoms with Crippen LogP contribution in [0.25, 0.3) is 113 Å². The number of pyridine rings is 5. The largest absolute Gasteiger partial charge is 0.337 e. The molecule has 22 nitrogen and oxygen atoms in total. The van der Waals surface area contributed by atoms with E-state index in [1.54, 1.807) is 30.5 Å². The van der Waals surface area contributed by atoms with Gasteiger partial charge in [-0.1, -0.05) is 159 Å². The minimum absolute atomic E-state index is 0. The van der Waals surface area contributed by atoms with Gasteiger partial charge in [-0.2, -0.15) is 9.99 Å². The number of nitrogens with one attached hydrogen (secondary N) is 4. The van der Waals surface area contributed by atoms with Gasteiger partial charge in [0.2, 0.25) is 0 Å². The van der Waals surface area contributed by atoms with Gasteiger partial charge in [-0.3, -0.25) is 0 Å². The Hall–Kier alpha value is -7.63. The van der Waals surface area contributed by atoms with Gasteiger partial charge in [0.15, 0.2) is 45.6 Å². The van der Waals surface area contributed by atoms with E-state index in [1.807, 2.05) is 182 Å². The molecule has 15 rings (SSSR count). The number of aromatic amines is 4. The van der Waals surface area contributed by atoms with E-state index in [2.05, 4.69) is 130 Å². The zero-order chi connectivity index (χ0) is 61.4. The van der Waals surface area contributed by atoms with Crippen LogP contribution in [0, 0.1) is 11.3 Å². The van der Waals surface area contributed by atoms with Gasteiger partial charge in [-0.05, 0) is 60.7 Å². The molecular weight excluding hydrogens is 1700 g/mol. The predicted octanol–water partition coefficient (Wildman–Crippen LogP) is 14.5. The number of fused-ring (bicyclic) bond motifs is 5. The maximum atomic E-state index is 10.8. The zero-order valence-corrected chi connectivity index (χ0v) is 60.7. The average Bonchev–Trinajstić information content (AvgIpc) is 1.79. The molecule has 10 heterocycles. The molecule has 2 aliphatic rings. The molecule has 8 aromatic heterocycles. The van der Waals surface area contributed by atoms with E-state index in [0.717, 1.165) is 71.9 Å². The molecule has 5 aromatic carbocycles. The molecule has 0 unspecified atom stereocenters. The Morgan fingerprint density at radius 3 is 1.16 bits per heavy atom. The van der Waals surface area contributed by atoms with Gasteiger partial charge in [0.05, 0.1) is 22.1 Å². The molecule has 0 fully saturated rings. The maximum absolute atomic E-state index is 10.8. The SMILES string of the molecule is C.N#Cc1ccc2[nH]c(-c3ccccc3)nc2n1.O.O=C(O)c1ccc2[nH]c(-c3ccccc3)nc2n1.O=C(O)c1ccc2[nH]c(-c3ccccc3)nc2n1.On1cccc2nc(-c3ccccc3)nc1-2.[I][V]([I])[I].[Y].[Y].c1ccc(-c2nc3ncccc3[nH]2)cc1. The van der Waals surface area contributed by atoms with Crippen LogP contribution in [-0.2, 0) is 70.3 Å². The van der Waals surface area contributed by atoms with Crippen LogP contribution in [0.3, 0.4) is 0 Å². The second kappa shape index (κ2) is 36.0. The summed E-state index contributed by atoms with van der Waals surface area (Å²) in [6, 6.07) is 67.9. The van der Waals surface area contributed by atoms with Crippen LogP contribution in [-0.4, -0.2) is 107 Å². The number of hydrogen-bond donors (Lipinski definition) is 7. The third-order valence-electron chi connectivity index (χ3n) is 12.4. The van der Waals surface area contributed by atoms with Gasteiger partial charge in [-0.15, -0.1) is 0 Å². The number of carboxylic acids is 2. The number of halogens is 3. The van der Waals surface area contributed by atoms with Gasteiger partial charge in [0, 0.05) is 106 Å². The van der Waals surface area contributed by atoms with Gasteiger partial charge in [-0.25, -0.2) is 59.4 Å². The summed E-state index contributed by atoms with van der Waals surface area (Å²) in [5.74, 6) is 1.99. The first kappa shape index (κ1) is 73.4. The molecule has 0 saturated carbocycles. The summed E-state index contributed by atoms with van der Waals surface area (Å²) < 4.78 is 0.981. The summed E-state index contributed by atoms with van der Waals surface area (Å²) in [6.45, 7) is 0. The minimum Gasteiger partial charge on any atom is -0.337 e. The van der Waals surface area contributed by atoms with E-state index >= 15 is 0 Å². The van der Waals surface area contributed by atoms with Crippen LogP contribution in [0.5, 0.6) is 0 Å². The molecule has 28 heteroatoms. The molecule has 0 saturated heterocycles. The van der Waals surface area contributed by atoms with E-state index in [1.165, 1.54) is 18.3 Å². The van der Waals surface area contributed by atoms with Gasteiger partial charge < -0.3 is 40.8 Å². The molecule has 0 amide bonds. The first-order chi connectivity index (χ1) is 42.8. The van der Waals surface area contributed by atoms with Crippen molar-refractivity contribution in [3.8, 4) is 74.5 Å². The van der Waals surface area contributed by atoms with E-state index < -0.39 is 11.9 Å². The second-order valence-corrected chi connectivity index (χ2v) is 53.6. The molecule has 92 heavy (non-hydrogen) atoms. The first-order valence-corrected chi connectivity index (χ1v) is 39.7. The third-order valence-corrected chi connectivity index (χ3v) is 12.4. The first-order valence-electron chi connectivity index (χ1n) is 26.2. The Morgan fingerprint density at radius 2 is 0.793 bits per heavy atom. The summed E-state index contributed by atoms with van der Waals surface area (Å²) in [5.41, 5.74) is 11.4. The fourth-order valence-corrected chi connectivity index (χ4v) is 8.38. The van der Waals surface area contributed by atoms with Crippen LogP contribution in [0.15, 0.2) is 225 Å². The van der Waals surface area contributed by atoms with Crippen LogP contribution in [0.4, 0.5) is 0 Å². The van der Waals surface area contributed by atoms with Gasteiger partial charge in [0.25, 0.3) is 0 Å². The maximum Gasteiger partial charge on any atom is 0.178 e. The van der Waals surface area contributed by atoms with Crippen molar-refractivity contribution < 1.29 is 101 Å². The molecule has 0 atom stereocenters. The van der Waals surface area contributed by atoms with Crippen molar-refractivity contribution in [3.05, 3.63) is 242 Å². The van der Waals surface area contributed by atoms with Crippen molar-refractivity contribution >= 4 is 117 Å². The van der Waals surface area contributed by atoms with Crippen molar-refractivity contribution in [2.75, 3.05) is 0 Å². The third kappa shape index (κ3) is 19.7. The fraction of sp³-hybridized carbons (Fsp3) is 0.0156. The normalized spacial score (nSPS) is 10.1. The molecule has 2 radical (unpaired) electrons.